The lowest BCUT2D eigenvalue weighted by molar-refractivity contribution is -0.141. The molecule has 1 fully saturated rings. The van der Waals surface area contributed by atoms with Crippen molar-refractivity contribution in [1.82, 2.24) is 15.0 Å². The molecule has 2 aromatic rings. The standard InChI is InChI=1S/C14H14BrN3O3.ClH/c15-11-3-1-2-9(6-11)13-16-12(21-17-13)8-18-5-4-10(7-18)14(19)20;/h1-3,6,10H,4-5,7-8H2,(H,19,20);1H. The largest absolute Gasteiger partial charge is 0.481 e. The molecule has 0 spiro atoms. The zero-order valence-corrected chi connectivity index (χ0v) is 14.0. The fraction of sp³-hybridized carbons (Fsp3) is 0.357. The van der Waals surface area contributed by atoms with Gasteiger partial charge in [0.05, 0.1) is 12.5 Å². The molecule has 0 saturated carbocycles. The third-order valence-electron chi connectivity index (χ3n) is 3.53. The molecule has 1 saturated heterocycles. The van der Waals surface area contributed by atoms with E-state index in [-0.39, 0.29) is 18.3 Å². The van der Waals surface area contributed by atoms with E-state index in [9.17, 15) is 4.79 Å². The highest BCUT2D eigenvalue weighted by Crippen LogP contribution is 2.22. The molecule has 0 amide bonds. The average molecular weight is 389 g/mol. The summed E-state index contributed by atoms with van der Waals surface area (Å²) in [7, 11) is 0. The lowest BCUT2D eigenvalue weighted by atomic mass is 10.1. The van der Waals surface area contributed by atoms with Crippen LogP contribution in [0.25, 0.3) is 11.4 Å². The van der Waals surface area contributed by atoms with Crippen LogP contribution in [0, 0.1) is 5.92 Å². The third kappa shape index (κ3) is 3.85. The molecule has 0 aliphatic carbocycles. The monoisotopic (exact) mass is 387 g/mol. The number of halogens is 2. The molecular formula is C14H15BrClN3O3. The topological polar surface area (TPSA) is 79.5 Å². The van der Waals surface area contributed by atoms with Gasteiger partial charge in [-0.3, -0.25) is 9.69 Å². The lowest BCUT2D eigenvalue weighted by Crippen LogP contribution is -2.22. The highest BCUT2D eigenvalue weighted by molar-refractivity contribution is 9.10. The van der Waals surface area contributed by atoms with Gasteiger partial charge in [-0.15, -0.1) is 12.4 Å². The van der Waals surface area contributed by atoms with Crippen molar-refractivity contribution in [2.75, 3.05) is 13.1 Å². The Hall–Kier alpha value is -1.44. The summed E-state index contributed by atoms with van der Waals surface area (Å²) in [6, 6.07) is 7.68. The molecule has 3 rings (SSSR count). The maximum atomic E-state index is 10.9. The Morgan fingerprint density at radius 2 is 2.32 bits per heavy atom. The molecule has 0 bridgehead atoms. The van der Waals surface area contributed by atoms with Crippen LogP contribution in [0.3, 0.4) is 0 Å². The van der Waals surface area contributed by atoms with Crippen molar-refractivity contribution in [2.24, 2.45) is 5.92 Å². The van der Waals surface area contributed by atoms with Crippen LogP contribution in [0.1, 0.15) is 12.3 Å². The number of rotatable bonds is 4. The Morgan fingerprint density at radius 3 is 3.00 bits per heavy atom. The number of likely N-dealkylation sites (tertiary alicyclic amines) is 1. The molecular weight excluding hydrogens is 374 g/mol. The van der Waals surface area contributed by atoms with Crippen molar-refractivity contribution < 1.29 is 14.4 Å². The van der Waals surface area contributed by atoms with Gasteiger partial charge in [0.2, 0.25) is 11.7 Å². The zero-order chi connectivity index (χ0) is 14.8. The second kappa shape index (κ2) is 7.21. The Morgan fingerprint density at radius 1 is 1.50 bits per heavy atom. The van der Waals surface area contributed by atoms with E-state index in [0.717, 1.165) is 16.6 Å². The van der Waals surface area contributed by atoms with Crippen LogP contribution >= 0.6 is 28.3 Å². The second-order valence-electron chi connectivity index (χ2n) is 5.08. The lowest BCUT2D eigenvalue weighted by Gasteiger charge is -2.11. The average Bonchev–Trinajstić information content (AvgIpc) is 3.08. The minimum absolute atomic E-state index is 0. The molecule has 8 heteroatoms. The number of aromatic nitrogens is 2. The summed E-state index contributed by atoms with van der Waals surface area (Å²) >= 11 is 3.41. The predicted molar refractivity (Wildman–Crippen MR) is 85.7 cm³/mol. The first-order valence-electron chi connectivity index (χ1n) is 6.65. The van der Waals surface area contributed by atoms with Gasteiger partial charge in [-0.1, -0.05) is 33.2 Å². The molecule has 0 radical (unpaired) electrons. The number of nitrogens with zero attached hydrogens (tertiary/aromatic N) is 3. The van der Waals surface area contributed by atoms with Crippen LogP contribution in [-0.2, 0) is 11.3 Å². The zero-order valence-electron chi connectivity index (χ0n) is 11.6. The molecule has 22 heavy (non-hydrogen) atoms. The molecule has 1 aliphatic rings. The van der Waals surface area contributed by atoms with Crippen molar-refractivity contribution >= 4 is 34.3 Å². The SMILES string of the molecule is Cl.O=C(O)C1CCN(Cc2nc(-c3cccc(Br)c3)no2)C1. The highest BCUT2D eigenvalue weighted by atomic mass is 79.9. The first-order valence-corrected chi connectivity index (χ1v) is 7.45. The summed E-state index contributed by atoms with van der Waals surface area (Å²) < 4.78 is 6.20. The van der Waals surface area contributed by atoms with Gasteiger partial charge in [0, 0.05) is 16.6 Å². The Labute approximate surface area is 142 Å². The van der Waals surface area contributed by atoms with Crippen molar-refractivity contribution in [3.8, 4) is 11.4 Å². The molecule has 1 unspecified atom stereocenters. The number of carboxylic acids is 1. The van der Waals surface area contributed by atoms with Gasteiger partial charge in [0.1, 0.15) is 0 Å². The quantitative estimate of drug-likeness (QED) is 0.867. The summed E-state index contributed by atoms with van der Waals surface area (Å²) in [5.74, 6) is 0.0200. The fourth-order valence-corrected chi connectivity index (χ4v) is 2.83. The van der Waals surface area contributed by atoms with Crippen LogP contribution in [0.15, 0.2) is 33.3 Å². The van der Waals surface area contributed by atoms with E-state index in [1.165, 1.54) is 0 Å². The Bertz CT molecular complexity index is 664. The first kappa shape index (κ1) is 16.9. The summed E-state index contributed by atoms with van der Waals surface area (Å²) in [6.07, 6.45) is 0.669. The minimum atomic E-state index is -0.738. The van der Waals surface area contributed by atoms with Crippen LogP contribution in [0.5, 0.6) is 0 Å². The predicted octanol–water partition coefficient (Wildman–Crippen LogP) is 2.83. The van der Waals surface area contributed by atoms with E-state index in [1.807, 2.05) is 29.2 Å². The summed E-state index contributed by atoms with van der Waals surface area (Å²) in [5, 5.41) is 13.0. The van der Waals surface area contributed by atoms with Crippen LogP contribution in [-0.4, -0.2) is 39.2 Å². The molecule has 118 valence electrons. The minimum Gasteiger partial charge on any atom is -0.481 e. The van der Waals surface area contributed by atoms with Crippen molar-refractivity contribution in [3.05, 3.63) is 34.6 Å². The molecule has 6 nitrogen and oxygen atoms in total. The number of hydrogen-bond acceptors (Lipinski definition) is 5. The Kier molecular flexibility index (Phi) is 5.55. The van der Waals surface area contributed by atoms with Gasteiger partial charge in [0.15, 0.2) is 0 Å². The first-order chi connectivity index (χ1) is 10.1. The van der Waals surface area contributed by atoms with Crippen molar-refractivity contribution in [3.63, 3.8) is 0 Å². The second-order valence-corrected chi connectivity index (χ2v) is 6.00. The van der Waals surface area contributed by atoms with Gasteiger partial charge in [-0.2, -0.15) is 4.98 Å². The summed E-state index contributed by atoms with van der Waals surface area (Å²) in [6.45, 7) is 1.76. The molecule has 1 aromatic carbocycles. The van der Waals surface area contributed by atoms with E-state index < -0.39 is 5.97 Å². The number of benzene rings is 1. The maximum absolute atomic E-state index is 10.9. The normalized spacial score (nSPS) is 18.1. The van der Waals surface area contributed by atoms with Crippen molar-refractivity contribution in [1.29, 1.82) is 0 Å². The van der Waals surface area contributed by atoms with E-state index in [4.69, 9.17) is 9.63 Å². The van der Waals surface area contributed by atoms with Gasteiger partial charge in [0.25, 0.3) is 0 Å². The molecule has 1 aromatic heterocycles. The summed E-state index contributed by atoms with van der Waals surface area (Å²) in [4.78, 5) is 17.3. The Balaban J connectivity index is 0.00000176. The summed E-state index contributed by atoms with van der Waals surface area (Å²) in [5.41, 5.74) is 0.879. The number of carboxylic acid groups (broad SMARTS) is 1. The molecule has 1 aliphatic heterocycles. The molecule has 1 N–H and O–H groups in total. The maximum Gasteiger partial charge on any atom is 0.307 e. The molecule has 1 atom stereocenters. The van der Waals surface area contributed by atoms with Crippen LogP contribution < -0.4 is 0 Å². The number of aliphatic carboxylic acids is 1. The number of hydrogen-bond donors (Lipinski definition) is 1. The van der Waals surface area contributed by atoms with E-state index in [1.54, 1.807) is 0 Å². The molecule has 2 heterocycles. The van der Waals surface area contributed by atoms with Gasteiger partial charge >= 0.3 is 5.97 Å². The highest BCUT2D eigenvalue weighted by Gasteiger charge is 2.28. The van der Waals surface area contributed by atoms with Crippen LogP contribution in [0.2, 0.25) is 0 Å². The van der Waals surface area contributed by atoms with Crippen molar-refractivity contribution in [2.45, 2.75) is 13.0 Å². The van der Waals surface area contributed by atoms with E-state index >= 15 is 0 Å². The smallest absolute Gasteiger partial charge is 0.307 e. The van der Waals surface area contributed by atoms with Gasteiger partial charge in [-0.25, -0.2) is 0 Å². The van der Waals surface area contributed by atoms with E-state index in [0.29, 0.717) is 31.2 Å². The number of carbonyl (C=O) groups is 1. The van der Waals surface area contributed by atoms with Gasteiger partial charge in [-0.05, 0) is 25.1 Å². The third-order valence-corrected chi connectivity index (χ3v) is 4.02. The fourth-order valence-electron chi connectivity index (χ4n) is 2.43. The van der Waals surface area contributed by atoms with E-state index in [2.05, 4.69) is 26.1 Å². The van der Waals surface area contributed by atoms with Crippen LogP contribution in [0.4, 0.5) is 0 Å². The van der Waals surface area contributed by atoms with Gasteiger partial charge < -0.3 is 9.63 Å².